The van der Waals surface area contributed by atoms with Gasteiger partial charge in [-0.2, -0.15) is 0 Å². The fourth-order valence-electron chi connectivity index (χ4n) is 2.55. The first-order valence-electron chi connectivity index (χ1n) is 7.01. The van der Waals surface area contributed by atoms with Crippen LogP contribution in [-0.4, -0.2) is 33.0 Å². The third-order valence-corrected chi connectivity index (χ3v) is 3.93. The standard InChI is InChI=1S/C17H20ClNO4/c1-21-15-6-10(7-16(22-2)17(15)23-3)13(9-20)12-5-4-11(18)8-14(12)19/h4-8,13,20H,9,19H2,1-3H3. The monoisotopic (exact) mass is 337 g/mol. The summed E-state index contributed by atoms with van der Waals surface area (Å²) < 4.78 is 16.0. The van der Waals surface area contributed by atoms with Crippen LogP contribution in [0.1, 0.15) is 17.0 Å². The Morgan fingerprint density at radius 1 is 1.04 bits per heavy atom. The lowest BCUT2D eigenvalue weighted by Crippen LogP contribution is -2.10. The van der Waals surface area contributed by atoms with Gasteiger partial charge in [0.25, 0.3) is 0 Å². The van der Waals surface area contributed by atoms with Crippen LogP contribution in [0.25, 0.3) is 0 Å². The molecule has 0 amide bonds. The lowest BCUT2D eigenvalue weighted by Gasteiger charge is -2.20. The zero-order chi connectivity index (χ0) is 17.0. The minimum Gasteiger partial charge on any atom is -0.493 e. The van der Waals surface area contributed by atoms with E-state index >= 15 is 0 Å². The summed E-state index contributed by atoms with van der Waals surface area (Å²) in [6, 6.07) is 8.82. The molecule has 0 spiro atoms. The number of ether oxygens (including phenoxy) is 3. The number of methoxy groups -OCH3 is 3. The van der Waals surface area contributed by atoms with Crippen LogP contribution in [-0.2, 0) is 0 Å². The molecular formula is C17H20ClNO4. The smallest absolute Gasteiger partial charge is 0.203 e. The minimum atomic E-state index is -0.332. The normalized spacial score (nSPS) is 11.9. The summed E-state index contributed by atoms with van der Waals surface area (Å²) in [6.07, 6.45) is 0. The molecule has 0 radical (unpaired) electrons. The van der Waals surface area contributed by atoms with Gasteiger partial charge in [-0.05, 0) is 35.4 Å². The predicted molar refractivity (Wildman–Crippen MR) is 90.9 cm³/mol. The van der Waals surface area contributed by atoms with Crippen molar-refractivity contribution in [1.29, 1.82) is 0 Å². The Hall–Kier alpha value is -2.11. The fraction of sp³-hybridized carbons (Fsp3) is 0.294. The van der Waals surface area contributed by atoms with Crippen molar-refractivity contribution in [3.8, 4) is 17.2 Å². The van der Waals surface area contributed by atoms with Crippen LogP contribution < -0.4 is 19.9 Å². The van der Waals surface area contributed by atoms with Crippen molar-refractivity contribution in [2.24, 2.45) is 0 Å². The van der Waals surface area contributed by atoms with Crippen molar-refractivity contribution in [3.05, 3.63) is 46.5 Å². The molecule has 0 saturated heterocycles. The summed E-state index contributed by atoms with van der Waals surface area (Å²) in [4.78, 5) is 0. The molecule has 0 aromatic heterocycles. The Kier molecular flexibility index (Phi) is 5.58. The summed E-state index contributed by atoms with van der Waals surface area (Å²) in [5.74, 6) is 1.21. The van der Waals surface area contributed by atoms with Crippen molar-refractivity contribution < 1.29 is 19.3 Å². The van der Waals surface area contributed by atoms with E-state index in [4.69, 9.17) is 31.5 Å². The highest BCUT2D eigenvalue weighted by Crippen LogP contribution is 2.42. The number of hydrogen-bond acceptors (Lipinski definition) is 5. The second-order valence-electron chi connectivity index (χ2n) is 4.97. The maximum absolute atomic E-state index is 9.88. The second-order valence-corrected chi connectivity index (χ2v) is 5.40. The largest absolute Gasteiger partial charge is 0.493 e. The van der Waals surface area contributed by atoms with Crippen molar-refractivity contribution in [1.82, 2.24) is 0 Å². The molecule has 2 rings (SSSR count). The molecule has 0 fully saturated rings. The average molecular weight is 338 g/mol. The van der Waals surface area contributed by atoms with E-state index in [0.717, 1.165) is 11.1 Å². The van der Waals surface area contributed by atoms with Gasteiger partial charge < -0.3 is 25.1 Å². The predicted octanol–water partition coefficient (Wildman–Crippen LogP) is 3.07. The summed E-state index contributed by atoms with van der Waals surface area (Å²) in [5, 5.41) is 10.4. The number of halogens is 1. The Morgan fingerprint density at radius 2 is 1.65 bits per heavy atom. The van der Waals surface area contributed by atoms with Crippen LogP contribution >= 0.6 is 11.6 Å². The van der Waals surface area contributed by atoms with Crippen molar-refractivity contribution >= 4 is 17.3 Å². The van der Waals surface area contributed by atoms with Crippen molar-refractivity contribution in [2.45, 2.75) is 5.92 Å². The van der Waals surface area contributed by atoms with Gasteiger partial charge in [0.2, 0.25) is 5.75 Å². The highest BCUT2D eigenvalue weighted by molar-refractivity contribution is 6.30. The van der Waals surface area contributed by atoms with Crippen LogP contribution in [0.2, 0.25) is 5.02 Å². The minimum absolute atomic E-state index is 0.121. The molecule has 0 aliphatic rings. The quantitative estimate of drug-likeness (QED) is 0.792. The van der Waals surface area contributed by atoms with E-state index in [0.29, 0.717) is 28.0 Å². The first-order valence-corrected chi connectivity index (χ1v) is 7.39. The molecule has 0 aliphatic heterocycles. The molecule has 2 aromatic carbocycles. The number of nitrogen functional groups attached to an aromatic ring is 1. The van der Waals surface area contributed by atoms with Gasteiger partial charge in [-0.3, -0.25) is 0 Å². The highest BCUT2D eigenvalue weighted by Gasteiger charge is 2.21. The Balaban J connectivity index is 2.57. The zero-order valence-corrected chi connectivity index (χ0v) is 14.1. The fourth-order valence-corrected chi connectivity index (χ4v) is 2.73. The number of nitrogens with two attached hydrogens (primary N) is 1. The summed E-state index contributed by atoms with van der Waals surface area (Å²) in [5.41, 5.74) is 8.15. The Bertz CT molecular complexity index is 665. The topological polar surface area (TPSA) is 73.9 Å². The lowest BCUT2D eigenvalue weighted by molar-refractivity contribution is 0.279. The van der Waals surface area contributed by atoms with Crippen molar-refractivity contribution in [2.75, 3.05) is 33.7 Å². The Morgan fingerprint density at radius 3 is 2.09 bits per heavy atom. The third kappa shape index (κ3) is 3.46. The third-order valence-electron chi connectivity index (χ3n) is 3.70. The van der Waals surface area contributed by atoms with E-state index in [1.54, 1.807) is 45.6 Å². The van der Waals surface area contributed by atoms with Crippen LogP contribution in [0.15, 0.2) is 30.3 Å². The first kappa shape index (κ1) is 17.2. The molecule has 0 heterocycles. The summed E-state index contributed by atoms with van der Waals surface area (Å²) in [6.45, 7) is -0.121. The van der Waals surface area contributed by atoms with Gasteiger partial charge in [-0.25, -0.2) is 0 Å². The molecule has 124 valence electrons. The SMILES string of the molecule is COc1cc(C(CO)c2ccc(Cl)cc2N)cc(OC)c1OC. The molecule has 5 nitrogen and oxygen atoms in total. The molecule has 1 atom stereocenters. The highest BCUT2D eigenvalue weighted by atomic mass is 35.5. The second kappa shape index (κ2) is 7.44. The number of rotatable bonds is 6. The maximum atomic E-state index is 9.88. The van der Waals surface area contributed by atoms with Crippen molar-refractivity contribution in [3.63, 3.8) is 0 Å². The molecular weight excluding hydrogens is 318 g/mol. The molecule has 1 unspecified atom stereocenters. The zero-order valence-electron chi connectivity index (χ0n) is 13.3. The number of aliphatic hydroxyl groups is 1. The Labute approximate surface area is 140 Å². The molecule has 0 saturated carbocycles. The van der Waals surface area contributed by atoms with Crippen LogP contribution in [0.3, 0.4) is 0 Å². The van der Waals surface area contributed by atoms with E-state index in [2.05, 4.69) is 0 Å². The molecule has 3 N–H and O–H groups in total. The molecule has 2 aromatic rings. The van der Waals surface area contributed by atoms with Gasteiger partial charge in [0.1, 0.15) is 0 Å². The molecule has 23 heavy (non-hydrogen) atoms. The number of benzene rings is 2. The summed E-state index contributed by atoms with van der Waals surface area (Å²) in [7, 11) is 4.64. The lowest BCUT2D eigenvalue weighted by atomic mass is 9.90. The van der Waals surface area contributed by atoms with E-state index in [1.165, 1.54) is 0 Å². The van der Waals surface area contributed by atoms with Gasteiger partial charge in [0, 0.05) is 16.6 Å². The van der Waals surface area contributed by atoms with E-state index < -0.39 is 0 Å². The molecule has 0 bridgehead atoms. The molecule has 0 aliphatic carbocycles. The van der Waals surface area contributed by atoms with E-state index in [-0.39, 0.29) is 12.5 Å². The number of aliphatic hydroxyl groups excluding tert-OH is 1. The molecule has 6 heteroatoms. The van der Waals surface area contributed by atoms with Crippen LogP contribution in [0.4, 0.5) is 5.69 Å². The van der Waals surface area contributed by atoms with E-state index in [9.17, 15) is 5.11 Å². The van der Waals surface area contributed by atoms with Gasteiger partial charge >= 0.3 is 0 Å². The summed E-state index contributed by atoms with van der Waals surface area (Å²) >= 11 is 5.95. The van der Waals surface area contributed by atoms with Crippen LogP contribution in [0.5, 0.6) is 17.2 Å². The maximum Gasteiger partial charge on any atom is 0.203 e. The van der Waals surface area contributed by atoms with E-state index in [1.807, 2.05) is 6.07 Å². The van der Waals surface area contributed by atoms with Gasteiger partial charge in [0.05, 0.1) is 27.9 Å². The van der Waals surface area contributed by atoms with Gasteiger partial charge in [0.15, 0.2) is 11.5 Å². The first-order chi connectivity index (χ1) is 11.0. The van der Waals surface area contributed by atoms with Gasteiger partial charge in [-0.1, -0.05) is 17.7 Å². The van der Waals surface area contributed by atoms with Gasteiger partial charge in [-0.15, -0.1) is 0 Å². The van der Waals surface area contributed by atoms with Crippen LogP contribution in [0, 0.1) is 0 Å². The average Bonchev–Trinajstić information content (AvgIpc) is 2.56. The number of hydrogen-bond donors (Lipinski definition) is 2. The number of anilines is 1.